The van der Waals surface area contributed by atoms with E-state index in [-0.39, 0.29) is 0 Å². The summed E-state index contributed by atoms with van der Waals surface area (Å²) in [6, 6.07) is 18.5. The van der Waals surface area contributed by atoms with Gasteiger partial charge in [-0.1, -0.05) is 59.7 Å². The summed E-state index contributed by atoms with van der Waals surface area (Å²) in [7, 11) is -1.35. The first-order valence-corrected chi connectivity index (χ1v) is 10.3. The van der Waals surface area contributed by atoms with Gasteiger partial charge in [0.25, 0.3) is 0 Å². The number of carbonyl (C=O) groups is 2. The number of aldehydes is 2. The molecule has 164 valence electrons. The van der Waals surface area contributed by atoms with E-state index in [1.807, 2.05) is 38.1 Å². The standard InChI is InChI=1S/C12H10O2.C7H9BO2.C5H3BrO2/c1-9-3-2-4-10(5-9)11-6-12(7-13)14-8-11;1-6-3-2-4-7(5-6)8(9)10;6-4-1-5(2-7)8-3-4/h2-8H,1H3;2-5,9-10H,1H3;1-3H. The third kappa shape index (κ3) is 8.15. The predicted octanol–water partition coefficient (Wildman–Crippen LogP) is 4.60. The summed E-state index contributed by atoms with van der Waals surface area (Å²) in [5, 5.41) is 17.4. The monoisotopic (exact) mass is 496 g/mol. The van der Waals surface area contributed by atoms with Gasteiger partial charge in [0, 0.05) is 11.6 Å². The van der Waals surface area contributed by atoms with Gasteiger partial charge in [-0.05, 0) is 46.9 Å². The van der Waals surface area contributed by atoms with Crippen molar-refractivity contribution in [2.75, 3.05) is 0 Å². The molecule has 4 aromatic rings. The van der Waals surface area contributed by atoms with Gasteiger partial charge >= 0.3 is 7.12 Å². The lowest BCUT2D eigenvalue weighted by atomic mass is 9.80. The Bertz CT molecular complexity index is 1150. The van der Waals surface area contributed by atoms with Gasteiger partial charge in [0.1, 0.15) is 6.26 Å². The number of rotatable bonds is 4. The molecule has 0 unspecified atom stereocenters. The summed E-state index contributed by atoms with van der Waals surface area (Å²) in [4.78, 5) is 20.3. The van der Waals surface area contributed by atoms with E-state index in [0.29, 0.717) is 29.6 Å². The van der Waals surface area contributed by atoms with Crippen LogP contribution < -0.4 is 5.46 Å². The Morgan fingerprint density at radius 1 is 0.781 bits per heavy atom. The van der Waals surface area contributed by atoms with Crippen LogP contribution in [0.5, 0.6) is 0 Å². The first-order chi connectivity index (χ1) is 15.3. The minimum atomic E-state index is -1.35. The number of hydrogen-bond donors (Lipinski definition) is 2. The van der Waals surface area contributed by atoms with E-state index < -0.39 is 7.12 Å². The Balaban J connectivity index is 0.000000178. The van der Waals surface area contributed by atoms with E-state index in [1.165, 1.54) is 11.8 Å². The summed E-state index contributed by atoms with van der Waals surface area (Å²) >= 11 is 3.12. The van der Waals surface area contributed by atoms with Gasteiger partial charge in [-0.25, -0.2) is 0 Å². The van der Waals surface area contributed by atoms with E-state index in [1.54, 1.807) is 36.6 Å². The Hall–Kier alpha value is -3.20. The zero-order valence-corrected chi connectivity index (χ0v) is 19.2. The second-order valence-corrected chi connectivity index (χ2v) is 7.71. The zero-order chi connectivity index (χ0) is 23.5. The maximum absolute atomic E-state index is 10.4. The average Bonchev–Trinajstić information content (AvgIpc) is 3.43. The molecule has 0 fully saturated rings. The number of carbonyl (C=O) groups excluding carboxylic acids is 2. The lowest BCUT2D eigenvalue weighted by Crippen LogP contribution is -2.29. The average molecular weight is 497 g/mol. The van der Waals surface area contributed by atoms with Crippen molar-refractivity contribution in [3.05, 3.63) is 100 Å². The number of benzene rings is 2. The van der Waals surface area contributed by atoms with Crippen LogP contribution in [0.1, 0.15) is 32.2 Å². The van der Waals surface area contributed by atoms with E-state index in [0.717, 1.165) is 21.2 Å². The number of halogens is 1. The molecule has 0 amide bonds. The van der Waals surface area contributed by atoms with E-state index >= 15 is 0 Å². The second kappa shape index (κ2) is 12.6. The molecule has 4 rings (SSSR count). The highest BCUT2D eigenvalue weighted by Gasteiger charge is 2.08. The van der Waals surface area contributed by atoms with Crippen LogP contribution in [0.4, 0.5) is 0 Å². The fourth-order valence-corrected chi connectivity index (χ4v) is 2.93. The van der Waals surface area contributed by atoms with Gasteiger partial charge in [0.2, 0.25) is 0 Å². The molecule has 2 aromatic carbocycles. The number of furan rings is 2. The van der Waals surface area contributed by atoms with Crippen molar-refractivity contribution in [3.63, 3.8) is 0 Å². The minimum absolute atomic E-state index is 0.344. The lowest BCUT2D eigenvalue weighted by molar-refractivity contribution is 0.109. The molecule has 0 atom stereocenters. The fraction of sp³-hybridized carbons (Fsp3) is 0.0833. The van der Waals surface area contributed by atoms with E-state index in [4.69, 9.17) is 18.9 Å². The summed E-state index contributed by atoms with van der Waals surface area (Å²) in [5.41, 5.74) is 4.78. The van der Waals surface area contributed by atoms with Crippen LogP contribution in [-0.2, 0) is 0 Å². The SMILES string of the molecule is Cc1cccc(-c2coc(C=O)c2)c1.Cc1cccc(B(O)O)c1.O=Cc1cc(Br)co1. The molecular formula is C24H22BBrO6. The van der Waals surface area contributed by atoms with E-state index in [2.05, 4.69) is 22.0 Å². The van der Waals surface area contributed by atoms with Crippen LogP contribution in [0.25, 0.3) is 11.1 Å². The molecular weight excluding hydrogens is 475 g/mol. The Labute approximate surface area is 194 Å². The molecule has 0 saturated carbocycles. The van der Waals surface area contributed by atoms with Gasteiger partial charge in [-0.2, -0.15) is 0 Å². The van der Waals surface area contributed by atoms with Crippen molar-refractivity contribution in [1.82, 2.24) is 0 Å². The summed E-state index contributed by atoms with van der Waals surface area (Å²) in [6.07, 6.45) is 4.42. The summed E-state index contributed by atoms with van der Waals surface area (Å²) < 4.78 is 10.5. The van der Waals surface area contributed by atoms with Crippen LogP contribution in [0, 0.1) is 13.8 Å². The maximum atomic E-state index is 10.4. The Kier molecular flexibility index (Phi) is 9.88. The van der Waals surface area contributed by atoms with Crippen molar-refractivity contribution in [2.45, 2.75) is 13.8 Å². The quantitative estimate of drug-likeness (QED) is 0.316. The smallest absolute Gasteiger partial charge is 0.461 e. The van der Waals surface area contributed by atoms with Gasteiger partial charge in [-0.3, -0.25) is 9.59 Å². The van der Waals surface area contributed by atoms with Crippen molar-refractivity contribution in [2.24, 2.45) is 0 Å². The highest BCUT2D eigenvalue weighted by Crippen LogP contribution is 2.22. The van der Waals surface area contributed by atoms with Gasteiger partial charge in [-0.15, -0.1) is 0 Å². The molecule has 0 aliphatic carbocycles. The molecule has 0 aliphatic heterocycles. The van der Waals surface area contributed by atoms with Crippen molar-refractivity contribution >= 4 is 41.1 Å². The highest BCUT2D eigenvalue weighted by atomic mass is 79.9. The highest BCUT2D eigenvalue weighted by molar-refractivity contribution is 9.10. The molecule has 0 saturated heterocycles. The molecule has 6 nitrogen and oxygen atoms in total. The lowest BCUT2D eigenvalue weighted by Gasteiger charge is -1.98. The third-order valence-electron chi connectivity index (χ3n) is 4.13. The van der Waals surface area contributed by atoms with Crippen LogP contribution in [0.3, 0.4) is 0 Å². The van der Waals surface area contributed by atoms with Crippen LogP contribution in [-0.4, -0.2) is 29.7 Å². The Morgan fingerprint density at radius 2 is 1.38 bits per heavy atom. The molecule has 8 heteroatoms. The topological polar surface area (TPSA) is 101 Å². The summed E-state index contributed by atoms with van der Waals surface area (Å²) in [5.74, 6) is 0.707. The molecule has 32 heavy (non-hydrogen) atoms. The van der Waals surface area contributed by atoms with Crippen molar-refractivity contribution in [3.8, 4) is 11.1 Å². The van der Waals surface area contributed by atoms with Crippen LogP contribution in [0.2, 0.25) is 0 Å². The first kappa shape index (κ1) is 25.1. The molecule has 0 spiro atoms. The van der Waals surface area contributed by atoms with Gasteiger partial charge in [0.05, 0.1) is 10.7 Å². The predicted molar refractivity (Wildman–Crippen MR) is 127 cm³/mol. The summed E-state index contributed by atoms with van der Waals surface area (Å²) in [6.45, 7) is 3.94. The second-order valence-electron chi connectivity index (χ2n) is 6.80. The minimum Gasteiger partial charge on any atom is -0.461 e. The molecule has 2 heterocycles. The van der Waals surface area contributed by atoms with Gasteiger partial charge < -0.3 is 18.9 Å². The first-order valence-electron chi connectivity index (χ1n) is 9.55. The van der Waals surface area contributed by atoms with Crippen LogP contribution >= 0.6 is 15.9 Å². The molecule has 2 aromatic heterocycles. The number of hydrogen-bond acceptors (Lipinski definition) is 6. The molecule has 0 radical (unpaired) electrons. The van der Waals surface area contributed by atoms with Crippen molar-refractivity contribution in [1.29, 1.82) is 0 Å². The van der Waals surface area contributed by atoms with Crippen molar-refractivity contribution < 1.29 is 28.5 Å². The number of aryl methyl sites for hydroxylation is 2. The fourth-order valence-electron chi connectivity index (χ4n) is 2.61. The zero-order valence-electron chi connectivity index (χ0n) is 17.6. The third-order valence-corrected chi connectivity index (χ3v) is 4.55. The largest absolute Gasteiger partial charge is 0.488 e. The van der Waals surface area contributed by atoms with Crippen LogP contribution in [0.15, 0.2) is 86.5 Å². The normalized spacial score (nSPS) is 9.66. The molecule has 0 bridgehead atoms. The Morgan fingerprint density at radius 3 is 1.81 bits per heavy atom. The van der Waals surface area contributed by atoms with Gasteiger partial charge in [0.15, 0.2) is 24.1 Å². The molecule has 0 aliphatic rings. The van der Waals surface area contributed by atoms with E-state index in [9.17, 15) is 9.59 Å². The maximum Gasteiger partial charge on any atom is 0.488 e. The molecule has 2 N–H and O–H groups in total.